The number of carboxylic acids is 1. The average Bonchev–Trinajstić information content (AvgIpc) is 2.95. The summed E-state index contributed by atoms with van der Waals surface area (Å²) in [7, 11) is -0.588. The Morgan fingerprint density at radius 2 is 1.83 bits per heavy atom. The van der Waals surface area contributed by atoms with Crippen molar-refractivity contribution in [2.75, 3.05) is 0 Å². The summed E-state index contributed by atoms with van der Waals surface area (Å²) in [5, 5.41) is 10.4. The van der Waals surface area contributed by atoms with E-state index in [1.807, 2.05) is 58.2 Å². The minimum atomic E-state index is -0.866. The van der Waals surface area contributed by atoms with Crippen molar-refractivity contribution in [3.8, 4) is 0 Å². The normalized spacial score (nSPS) is 20.8. The first-order valence-electron chi connectivity index (χ1n) is 7.85. The Hall–Kier alpha value is -1.79. The summed E-state index contributed by atoms with van der Waals surface area (Å²) in [6, 6.07) is 7.85. The molecule has 1 atom stereocenters. The summed E-state index contributed by atoms with van der Waals surface area (Å²) in [5.41, 5.74) is 0.928. The third-order valence-corrected chi connectivity index (χ3v) is 5.02. The second-order valence-electron chi connectivity index (χ2n) is 7.12. The highest BCUT2D eigenvalue weighted by Crippen LogP contribution is 2.42. The molecule has 2 N–H and O–H groups in total. The highest BCUT2D eigenvalue weighted by atomic mass is 16.7. The van der Waals surface area contributed by atoms with Crippen LogP contribution in [0.4, 0.5) is 0 Å². The number of hydrogen-bond donors (Lipinski definition) is 2. The second-order valence-corrected chi connectivity index (χ2v) is 7.12. The number of benzene rings is 1. The van der Waals surface area contributed by atoms with Crippen LogP contribution in [0.3, 0.4) is 0 Å². The fourth-order valence-electron chi connectivity index (χ4n) is 2.99. The van der Waals surface area contributed by atoms with Crippen LogP contribution in [0.2, 0.25) is 0 Å². The number of carbonyl (C=O) groups is 1. The highest BCUT2D eigenvalue weighted by Gasteiger charge is 2.54. The van der Waals surface area contributed by atoms with Crippen molar-refractivity contribution in [3.05, 3.63) is 36.0 Å². The standard InChI is InChI=1S/C17H22BNO4/c1-16(2)17(3,4)23-18(22-16)13(9-15(20)21)12-10-19-14-8-6-5-7-11(12)14/h5-8,10,13,19H,9H2,1-4H3,(H,20,21). The van der Waals surface area contributed by atoms with Crippen molar-refractivity contribution in [1.82, 2.24) is 4.98 Å². The van der Waals surface area contributed by atoms with E-state index in [1.165, 1.54) is 0 Å². The number of H-pyrrole nitrogens is 1. The van der Waals surface area contributed by atoms with Gasteiger partial charge in [-0.3, -0.25) is 4.79 Å². The molecule has 1 aliphatic heterocycles. The summed E-state index contributed by atoms with van der Waals surface area (Å²) in [6.45, 7) is 7.89. The Morgan fingerprint density at radius 1 is 1.22 bits per heavy atom. The number of carboxylic acid groups (broad SMARTS) is 1. The molecule has 1 aliphatic rings. The first kappa shape index (κ1) is 16.1. The van der Waals surface area contributed by atoms with Gasteiger partial charge in [0.2, 0.25) is 0 Å². The predicted octanol–water partition coefficient (Wildman–Crippen LogP) is 3.36. The minimum Gasteiger partial charge on any atom is -0.481 e. The first-order chi connectivity index (χ1) is 10.7. The Labute approximate surface area is 136 Å². The van der Waals surface area contributed by atoms with Crippen molar-refractivity contribution in [3.63, 3.8) is 0 Å². The molecule has 2 aromatic rings. The fourth-order valence-corrected chi connectivity index (χ4v) is 2.99. The molecular weight excluding hydrogens is 293 g/mol. The Bertz CT molecular complexity index is 721. The van der Waals surface area contributed by atoms with E-state index >= 15 is 0 Å². The second kappa shape index (κ2) is 5.39. The zero-order valence-corrected chi connectivity index (χ0v) is 13.9. The molecule has 2 heterocycles. The van der Waals surface area contributed by atoms with E-state index in [-0.39, 0.29) is 12.2 Å². The summed E-state index contributed by atoms with van der Waals surface area (Å²) < 4.78 is 12.2. The number of aromatic nitrogens is 1. The van der Waals surface area contributed by atoms with Crippen LogP contribution in [-0.4, -0.2) is 34.4 Å². The lowest BCUT2D eigenvalue weighted by Gasteiger charge is -2.32. The average molecular weight is 315 g/mol. The molecule has 5 nitrogen and oxygen atoms in total. The topological polar surface area (TPSA) is 71.5 Å². The van der Waals surface area contributed by atoms with Gasteiger partial charge >= 0.3 is 13.1 Å². The van der Waals surface area contributed by atoms with Crippen molar-refractivity contribution < 1.29 is 19.2 Å². The van der Waals surface area contributed by atoms with E-state index in [0.29, 0.717) is 0 Å². The molecule has 0 spiro atoms. The fraction of sp³-hybridized carbons (Fsp3) is 0.471. The smallest absolute Gasteiger partial charge is 0.466 e. The molecule has 0 aliphatic carbocycles. The maximum Gasteiger partial charge on any atom is 0.466 e. The van der Waals surface area contributed by atoms with Crippen LogP contribution < -0.4 is 0 Å². The van der Waals surface area contributed by atoms with Crippen LogP contribution in [0.25, 0.3) is 10.9 Å². The van der Waals surface area contributed by atoms with Gasteiger partial charge in [-0.1, -0.05) is 18.2 Å². The van der Waals surface area contributed by atoms with Gasteiger partial charge in [-0.15, -0.1) is 0 Å². The summed E-state index contributed by atoms with van der Waals surface area (Å²) in [4.78, 5) is 14.6. The van der Waals surface area contributed by atoms with Gasteiger partial charge in [0.1, 0.15) is 0 Å². The Balaban J connectivity index is 2.01. The van der Waals surface area contributed by atoms with Gasteiger partial charge in [0.25, 0.3) is 0 Å². The monoisotopic (exact) mass is 315 g/mol. The molecule has 0 radical (unpaired) electrons. The summed E-state index contributed by atoms with van der Waals surface area (Å²) in [5.74, 6) is -1.24. The lowest BCUT2D eigenvalue weighted by atomic mass is 9.66. The molecule has 0 saturated carbocycles. The number of para-hydroxylation sites is 1. The maximum atomic E-state index is 11.4. The molecule has 3 rings (SSSR count). The molecule has 1 fully saturated rings. The third-order valence-electron chi connectivity index (χ3n) is 5.02. The SMILES string of the molecule is CC1(C)OB(C(CC(=O)O)c2c[nH]c3ccccc23)OC1(C)C. The molecular formula is C17H22BNO4. The Morgan fingerprint density at radius 3 is 2.43 bits per heavy atom. The van der Waals surface area contributed by atoms with Crippen molar-refractivity contribution in [2.24, 2.45) is 0 Å². The van der Waals surface area contributed by atoms with Crippen LogP contribution in [0, 0.1) is 0 Å². The van der Waals surface area contributed by atoms with E-state index in [0.717, 1.165) is 16.5 Å². The lowest BCUT2D eigenvalue weighted by molar-refractivity contribution is -0.137. The zero-order chi connectivity index (χ0) is 16.8. The van der Waals surface area contributed by atoms with Crippen molar-refractivity contribution in [2.45, 2.75) is 51.1 Å². The molecule has 0 amide bonds. The molecule has 1 aromatic heterocycles. The number of nitrogens with one attached hydrogen (secondary N) is 1. The lowest BCUT2D eigenvalue weighted by Crippen LogP contribution is -2.41. The molecule has 0 bridgehead atoms. The first-order valence-corrected chi connectivity index (χ1v) is 7.85. The van der Waals surface area contributed by atoms with E-state index < -0.39 is 24.3 Å². The molecule has 23 heavy (non-hydrogen) atoms. The van der Waals surface area contributed by atoms with Gasteiger partial charge in [-0.25, -0.2) is 0 Å². The van der Waals surface area contributed by atoms with Gasteiger partial charge < -0.3 is 19.4 Å². The van der Waals surface area contributed by atoms with Crippen LogP contribution in [-0.2, 0) is 14.1 Å². The quantitative estimate of drug-likeness (QED) is 0.849. The van der Waals surface area contributed by atoms with Gasteiger partial charge in [0, 0.05) is 22.9 Å². The van der Waals surface area contributed by atoms with E-state index in [4.69, 9.17) is 9.31 Å². The van der Waals surface area contributed by atoms with Crippen LogP contribution >= 0.6 is 0 Å². The largest absolute Gasteiger partial charge is 0.481 e. The minimum absolute atomic E-state index is 0.0430. The van der Waals surface area contributed by atoms with Gasteiger partial charge in [0.05, 0.1) is 17.6 Å². The highest BCUT2D eigenvalue weighted by molar-refractivity contribution is 6.48. The third kappa shape index (κ3) is 2.77. The van der Waals surface area contributed by atoms with E-state index in [2.05, 4.69) is 4.98 Å². The van der Waals surface area contributed by atoms with Crippen molar-refractivity contribution in [1.29, 1.82) is 0 Å². The van der Waals surface area contributed by atoms with Gasteiger partial charge in [-0.2, -0.15) is 0 Å². The van der Waals surface area contributed by atoms with Crippen LogP contribution in [0.15, 0.2) is 30.5 Å². The van der Waals surface area contributed by atoms with Gasteiger partial charge in [-0.05, 0) is 39.3 Å². The number of aliphatic carboxylic acids is 1. The van der Waals surface area contributed by atoms with Crippen molar-refractivity contribution >= 4 is 24.0 Å². The summed E-state index contributed by atoms with van der Waals surface area (Å²) in [6.07, 6.45) is 1.82. The number of rotatable bonds is 4. The number of aromatic amines is 1. The molecule has 1 unspecified atom stereocenters. The molecule has 1 aromatic carbocycles. The van der Waals surface area contributed by atoms with E-state index in [9.17, 15) is 9.90 Å². The molecule has 122 valence electrons. The predicted molar refractivity (Wildman–Crippen MR) is 89.4 cm³/mol. The maximum absolute atomic E-state index is 11.4. The summed E-state index contributed by atoms with van der Waals surface area (Å²) >= 11 is 0. The number of hydrogen-bond acceptors (Lipinski definition) is 3. The van der Waals surface area contributed by atoms with Crippen LogP contribution in [0.5, 0.6) is 0 Å². The molecule has 1 saturated heterocycles. The van der Waals surface area contributed by atoms with E-state index in [1.54, 1.807) is 0 Å². The van der Waals surface area contributed by atoms with Gasteiger partial charge in [0.15, 0.2) is 0 Å². The van der Waals surface area contributed by atoms with Crippen LogP contribution in [0.1, 0.15) is 45.5 Å². The Kier molecular flexibility index (Phi) is 3.77. The zero-order valence-electron chi connectivity index (χ0n) is 13.9. The molecule has 6 heteroatoms. The number of fused-ring (bicyclic) bond motifs is 1.